The molecule has 2 aromatic rings. The minimum Gasteiger partial charge on any atom is -0.399 e. The van der Waals surface area contributed by atoms with Gasteiger partial charge in [-0.3, -0.25) is 0 Å². The summed E-state index contributed by atoms with van der Waals surface area (Å²) in [5.74, 6) is 0. The van der Waals surface area contributed by atoms with Crippen molar-refractivity contribution in [3.63, 3.8) is 0 Å². The maximum absolute atomic E-state index is 2.54. The van der Waals surface area contributed by atoms with E-state index in [9.17, 15) is 0 Å². The number of para-hydroxylation sites is 2. The minimum atomic E-state index is 0.650. The molecule has 20 heavy (non-hydrogen) atoms. The van der Waals surface area contributed by atoms with E-state index in [0.717, 1.165) is 14.1 Å². The molecule has 0 N–H and O–H groups in total. The Hall–Kier alpha value is -1.90. The highest BCUT2D eigenvalue weighted by Crippen LogP contribution is 2.26. The van der Waals surface area contributed by atoms with Gasteiger partial charge in [0.25, 0.3) is 0 Å². The third-order valence-corrected chi connectivity index (χ3v) is 4.18. The SMILES string of the molecule is CCC1CCN(c2ccccc2)BN1c1ccccc1. The van der Waals surface area contributed by atoms with Crippen LogP contribution >= 0.6 is 0 Å². The van der Waals surface area contributed by atoms with Gasteiger partial charge < -0.3 is 9.62 Å². The largest absolute Gasteiger partial charge is 0.399 e. The second kappa shape index (κ2) is 6.04. The molecular weight excluding hydrogens is 243 g/mol. The zero-order valence-electron chi connectivity index (χ0n) is 12.1. The number of anilines is 2. The lowest BCUT2D eigenvalue weighted by molar-refractivity contribution is 0.581. The fourth-order valence-electron chi connectivity index (χ4n) is 3.02. The summed E-state index contributed by atoms with van der Waals surface area (Å²) < 4.78 is 0. The molecule has 0 radical (unpaired) electrons. The van der Waals surface area contributed by atoms with Crippen LogP contribution in [0.15, 0.2) is 60.7 Å². The van der Waals surface area contributed by atoms with Crippen molar-refractivity contribution in [2.45, 2.75) is 25.8 Å². The first-order valence-electron chi connectivity index (χ1n) is 7.50. The molecule has 1 aliphatic rings. The Labute approximate surface area is 122 Å². The van der Waals surface area contributed by atoms with E-state index in [1.165, 1.54) is 24.2 Å². The molecule has 2 aromatic carbocycles. The van der Waals surface area contributed by atoms with Gasteiger partial charge in [-0.25, -0.2) is 0 Å². The van der Waals surface area contributed by atoms with Crippen LogP contribution in [0.25, 0.3) is 0 Å². The van der Waals surface area contributed by atoms with Gasteiger partial charge in [-0.15, -0.1) is 0 Å². The molecule has 1 atom stereocenters. The van der Waals surface area contributed by atoms with Crippen molar-refractivity contribution in [2.75, 3.05) is 16.2 Å². The lowest BCUT2D eigenvalue weighted by Crippen LogP contribution is -2.53. The van der Waals surface area contributed by atoms with Gasteiger partial charge in [0.15, 0.2) is 0 Å². The van der Waals surface area contributed by atoms with Crippen molar-refractivity contribution in [2.24, 2.45) is 0 Å². The minimum absolute atomic E-state index is 0.650. The summed E-state index contributed by atoms with van der Waals surface area (Å²) in [6, 6.07) is 22.2. The summed E-state index contributed by atoms with van der Waals surface area (Å²) >= 11 is 0. The first kappa shape index (κ1) is 13.1. The summed E-state index contributed by atoms with van der Waals surface area (Å²) in [4.78, 5) is 5.01. The van der Waals surface area contributed by atoms with E-state index in [2.05, 4.69) is 77.2 Å². The fourth-order valence-corrected chi connectivity index (χ4v) is 3.02. The van der Waals surface area contributed by atoms with Crippen molar-refractivity contribution in [1.29, 1.82) is 0 Å². The number of nitrogens with zero attached hydrogens (tertiary/aromatic N) is 2. The van der Waals surface area contributed by atoms with E-state index < -0.39 is 0 Å². The summed E-state index contributed by atoms with van der Waals surface area (Å²) in [7, 11) is 0.979. The van der Waals surface area contributed by atoms with E-state index in [4.69, 9.17) is 0 Å². The molecule has 3 heteroatoms. The third-order valence-electron chi connectivity index (χ3n) is 4.18. The number of benzene rings is 2. The van der Waals surface area contributed by atoms with Gasteiger partial charge in [0.05, 0.1) is 0 Å². The highest BCUT2D eigenvalue weighted by molar-refractivity contribution is 6.47. The Kier molecular flexibility index (Phi) is 3.96. The van der Waals surface area contributed by atoms with Crippen LogP contribution in [0.2, 0.25) is 0 Å². The molecule has 1 saturated heterocycles. The standard InChI is InChI=1S/C17H21BN2/c1-2-15-13-14-19(16-9-5-3-6-10-16)18-20(15)17-11-7-4-8-12-17/h3-12,15,18H,2,13-14H2,1H3. The predicted octanol–water partition coefficient (Wildman–Crippen LogP) is 3.45. The number of hydrogen-bond acceptors (Lipinski definition) is 2. The predicted molar refractivity (Wildman–Crippen MR) is 88.6 cm³/mol. The second-order valence-electron chi connectivity index (χ2n) is 5.40. The van der Waals surface area contributed by atoms with Gasteiger partial charge >= 0.3 is 7.55 Å². The van der Waals surface area contributed by atoms with Crippen molar-refractivity contribution in [1.82, 2.24) is 0 Å². The Balaban J connectivity index is 1.83. The topological polar surface area (TPSA) is 6.48 Å². The second-order valence-corrected chi connectivity index (χ2v) is 5.40. The van der Waals surface area contributed by atoms with E-state index in [1.807, 2.05) is 0 Å². The van der Waals surface area contributed by atoms with Crippen molar-refractivity contribution < 1.29 is 0 Å². The van der Waals surface area contributed by atoms with E-state index in [0.29, 0.717) is 6.04 Å². The van der Waals surface area contributed by atoms with Gasteiger partial charge in [0.1, 0.15) is 0 Å². The summed E-state index contributed by atoms with van der Waals surface area (Å²) in [5.41, 5.74) is 2.66. The zero-order chi connectivity index (χ0) is 13.8. The monoisotopic (exact) mass is 264 g/mol. The van der Waals surface area contributed by atoms with Crippen LogP contribution in [0.4, 0.5) is 11.4 Å². The molecule has 0 amide bonds. The van der Waals surface area contributed by atoms with Crippen LogP contribution in [-0.2, 0) is 0 Å². The molecule has 0 spiro atoms. The normalized spacial score (nSPS) is 18.8. The van der Waals surface area contributed by atoms with Crippen LogP contribution in [-0.4, -0.2) is 20.1 Å². The lowest BCUT2D eigenvalue weighted by atomic mass is 9.89. The molecule has 2 nitrogen and oxygen atoms in total. The zero-order valence-corrected chi connectivity index (χ0v) is 12.1. The molecule has 1 unspecified atom stereocenters. The summed E-state index contributed by atoms with van der Waals surface area (Å²) in [6.45, 7) is 3.44. The first-order valence-corrected chi connectivity index (χ1v) is 7.50. The molecule has 1 fully saturated rings. The number of hydrogen-bond donors (Lipinski definition) is 0. The van der Waals surface area contributed by atoms with Gasteiger partial charge in [0.2, 0.25) is 0 Å². The molecule has 3 rings (SSSR count). The fraction of sp³-hybridized carbons (Fsp3) is 0.294. The Bertz CT molecular complexity index is 529. The van der Waals surface area contributed by atoms with Gasteiger partial charge in [-0.05, 0) is 37.1 Å². The molecule has 0 aliphatic carbocycles. The Morgan fingerprint density at radius 2 is 1.55 bits per heavy atom. The Morgan fingerprint density at radius 1 is 0.950 bits per heavy atom. The molecule has 0 saturated carbocycles. The van der Waals surface area contributed by atoms with Crippen LogP contribution in [0.3, 0.4) is 0 Å². The molecule has 102 valence electrons. The average molecular weight is 264 g/mol. The highest BCUT2D eigenvalue weighted by atomic mass is 15.2. The highest BCUT2D eigenvalue weighted by Gasteiger charge is 2.27. The van der Waals surface area contributed by atoms with E-state index in [1.54, 1.807) is 0 Å². The smallest absolute Gasteiger partial charge is 0.356 e. The van der Waals surface area contributed by atoms with Crippen LogP contribution < -0.4 is 9.62 Å². The average Bonchev–Trinajstić information content (AvgIpc) is 2.56. The van der Waals surface area contributed by atoms with Crippen molar-refractivity contribution in [3.8, 4) is 0 Å². The van der Waals surface area contributed by atoms with Gasteiger partial charge in [-0.2, -0.15) is 0 Å². The Morgan fingerprint density at radius 3 is 2.15 bits per heavy atom. The van der Waals surface area contributed by atoms with E-state index in [-0.39, 0.29) is 0 Å². The van der Waals surface area contributed by atoms with Crippen molar-refractivity contribution in [3.05, 3.63) is 60.7 Å². The lowest BCUT2D eigenvalue weighted by Gasteiger charge is -2.43. The maximum Gasteiger partial charge on any atom is 0.356 e. The van der Waals surface area contributed by atoms with Crippen molar-refractivity contribution >= 4 is 18.9 Å². The van der Waals surface area contributed by atoms with Crippen LogP contribution in [0, 0.1) is 0 Å². The number of rotatable bonds is 3. The molecule has 1 heterocycles. The molecular formula is C17H21BN2. The molecule has 0 aromatic heterocycles. The summed E-state index contributed by atoms with van der Waals surface area (Å²) in [6.07, 6.45) is 2.43. The quantitative estimate of drug-likeness (QED) is 0.783. The maximum atomic E-state index is 2.54. The molecule has 1 aliphatic heterocycles. The first-order chi connectivity index (χ1) is 9.88. The van der Waals surface area contributed by atoms with Crippen LogP contribution in [0.5, 0.6) is 0 Å². The molecule has 0 bridgehead atoms. The van der Waals surface area contributed by atoms with Crippen LogP contribution in [0.1, 0.15) is 19.8 Å². The van der Waals surface area contributed by atoms with Gasteiger partial charge in [0, 0.05) is 24.0 Å². The van der Waals surface area contributed by atoms with E-state index >= 15 is 0 Å². The summed E-state index contributed by atoms with van der Waals surface area (Å²) in [5, 5.41) is 0. The third kappa shape index (κ3) is 2.67. The van der Waals surface area contributed by atoms with Gasteiger partial charge in [-0.1, -0.05) is 43.3 Å².